The molecule has 0 atom stereocenters. The predicted molar refractivity (Wildman–Crippen MR) is 121 cm³/mol. The molecule has 0 radical (unpaired) electrons. The van der Waals surface area contributed by atoms with Gasteiger partial charge in [-0.1, -0.05) is 23.3 Å². The van der Waals surface area contributed by atoms with Crippen molar-refractivity contribution in [1.82, 2.24) is 0 Å². The molecule has 1 heterocycles. The first-order valence-corrected chi connectivity index (χ1v) is 10.0. The van der Waals surface area contributed by atoms with E-state index >= 15 is 0 Å². The zero-order valence-electron chi connectivity index (χ0n) is 17.8. The van der Waals surface area contributed by atoms with Crippen LogP contribution in [0.4, 0.5) is 0 Å². The van der Waals surface area contributed by atoms with Crippen molar-refractivity contribution < 1.29 is 24.8 Å². The average molecular weight is 422 g/mol. The molecule has 0 unspecified atom stereocenters. The van der Waals surface area contributed by atoms with Gasteiger partial charge in [0.1, 0.15) is 28.2 Å². The molecule has 0 aliphatic heterocycles. The number of aromatic hydroxyl groups is 4. The van der Waals surface area contributed by atoms with E-state index in [2.05, 4.69) is 6.08 Å². The number of fused-ring (bicyclic) bond motifs is 1. The Kier molecular flexibility index (Phi) is 6.39. The van der Waals surface area contributed by atoms with E-state index in [1.807, 2.05) is 26.8 Å². The minimum atomic E-state index is -0.799. The Hall–Kier alpha value is -3.67. The maximum absolute atomic E-state index is 12.8. The van der Waals surface area contributed by atoms with E-state index < -0.39 is 16.9 Å². The van der Waals surface area contributed by atoms with Gasteiger partial charge in [0.2, 0.25) is 11.2 Å². The summed E-state index contributed by atoms with van der Waals surface area (Å²) < 4.78 is 5.85. The highest BCUT2D eigenvalue weighted by molar-refractivity contribution is 5.91. The first kappa shape index (κ1) is 22.0. The predicted octanol–water partition coefficient (Wildman–Crippen LogP) is 5.52. The Balaban J connectivity index is 2.12. The van der Waals surface area contributed by atoms with E-state index in [-0.39, 0.29) is 34.6 Å². The third kappa shape index (κ3) is 4.74. The third-order valence-corrected chi connectivity index (χ3v) is 5.08. The zero-order valence-corrected chi connectivity index (χ0v) is 17.8. The fourth-order valence-electron chi connectivity index (χ4n) is 3.35. The maximum Gasteiger partial charge on any atom is 0.238 e. The molecular formula is C25H26O6. The number of hydrogen-bond donors (Lipinski definition) is 4. The summed E-state index contributed by atoms with van der Waals surface area (Å²) >= 11 is 0. The van der Waals surface area contributed by atoms with Gasteiger partial charge in [-0.15, -0.1) is 0 Å². The van der Waals surface area contributed by atoms with E-state index in [1.54, 1.807) is 0 Å². The van der Waals surface area contributed by atoms with Gasteiger partial charge in [0.25, 0.3) is 0 Å². The van der Waals surface area contributed by atoms with E-state index in [1.165, 1.54) is 29.8 Å². The van der Waals surface area contributed by atoms with E-state index in [0.717, 1.165) is 24.5 Å². The van der Waals surface area contributed by atoms with E-state index in [0.29, 0.717) is 11.1 Å². The van der Waals surface area contributed by atoms with Crippen LogP contribution in [-0.4, -0.2) is 20.4 Å². The van der Waals surface area contributed by atoms with Crippen LogP contribution in [0.2, 0.25) is 0 Å². The van der Waals surface area contributed by atoms with Crippen LogP contribution in [-0.2, 0) is 6.42 Å². The molecule has 3 rings (SSSR count). The van der Waals surface area contributed by atoms with Gasteiger partial charge in [0.15, 0.2) is 5.76 Å². The van der Waals surface area contributed by atoms with Crippen molar-refractivity contribution in [2.75, 3.05) is 0 Å². The Morgan fingerprint density at radius 2 is 1.65 bits per heavy atom. The standard InChI is InChI=1S/C25H26O6/c1-14(2)5-4-6-15(3)7-12-18-19(27)13-20(28)21-22(29)23(30)24(31-25(18)21)16-8-10-17(26)11-9-16/h5,7-11,13,26-28,30H,4,6,12H2,1-3H3/b15-7-. The van der Waals surface area contributed by atoms with Gasteiger partial charge in [-0.3, -0.25) is 4.79 Å². The largest absolute Gasteiger partial charge is 0.508 e. The smallest absolute Gasteiger partial charge is 0.238 e. The lowest BCUT2D eigenvalue weighted by atomic mass is 10.0. The molecule has 0 bridgehead atoms. The molecule has 3 aromatic rings. The summed E-state index contributed by atoms with van der Waals surface area (Å²) in [7, 11) is 0. The monoisotopic (exact) mass is 422 g/mol. The van der Waals surface area contributed by atoms with Crippen molar-refractivity contribution in [2.24, 2.45) is 0 Å². The molecule has 0 saturated carbocycles. The molecule has 31 heavy (non-hydrogen) atoms. The van der Waals surface area contributed by atoms with Crippen molar-refractivity contribution in [2.45, 2.75) is 40.0 Å². The molecule has 0 aliphatic carbocycles. The Labute approximate surface area is 180 Å². The fraction of sp³-hybridized carbons (Fsp3) is 0.240. The SMILES string of the molecule is CC(C)=CCC/C(C)=C\Cc1c(O)cc(O)c2c(=O)c(O)c(-c3ccc(O)cc3)oc12. The molecule has 0 amide bonds. The minimum Gasteiger partial charge on any atom is -0.508 e. The Morgan fingerprint density at radius 1 is 0.968 bits per heavy atom. The van der Waals surface area contributed by atoms with Gasteiger partial charge in [0, 0.05) is 17.2 Å². The molecule has 2 aromatic carbocycles. The first-order chi connectivity index (χ1) is 14.7. The highest BCUT2D eigenvalue weighted by atomic mass is 16.4. The average Bonchev–Trinajstić information content (AvgIpc) is 2.70. The summed E-state index contributed by atoms with van der Waals surface area (Å²) in [6.45, 7) is 6.08. The lowest BCUT2D eigenvalue weighted by Crippen LogP contribution is -2.05. The highest BCUT2D eigenvalue weighted by Gasteiger charge is 2.22. The summed E-state index contributed by atoms with van der Waals surface area (Å²) in [4.78, 5) is 12.8. The first-order valence-electron chi connectivity index (χ1n) is 10.0. The minimum absolute atomic E-state index is 0.0109. The number of benzene rings is 2. The van der Waals surface area contributed by atoms with Gasteiger partial charge < -0.3 is 24.8 Å². The van der Waals surface area contributed by atoms with Crippen LogP contribution in [0.15, 0.2) is 62.8 Å². The number of rotatable bonds is 6. The van der Waals surface area contributed by atoms with Crippen LogP contribution in [0.25, 0.3) is 22.3 Å². The van der Waals surface area contributed by atoms with Crippen molar-refractivity contribution in [3.63, 3.8) is 0 Å². The fourth-order valence-corrected chi connectivity index (χ4v) is 3.35. The second-order valence-corrected chi connectivity index (χ2v) is 7.83. The molecule has 1 aromatic heterocycles. The summed E-state index contributed by atoms with van der Waals surface area (Å²) in [5, 5.41) is 40.4. The van der Waals surface area contributed by atoms with Crippen LogP contribution in [0.3, 0.4) is 0 Å². The summed E-state index contributed by atoms with van der Waals surface area (Å²) in [5.41, 5.74) is 2.28. The van der Waals surface area contributed by atoms with Gasteiger partial charge >= 0.3 is 0 Å². The molecule has 162 valence electrons. The molecule has 6 nitrogen and oxygen atoms in total. The molecule has 6 heteroatoms. The summed E-state index contributed by atoms with van der Waals surface area (Å²) in [6, 6.07) is 6.88. The highest BCUT2D eigenvalue weighted by Crippen LogP contribution is 2.38. The summed E-state index contributed by atoms with van der Waals surface area (Å²) in [5.74, 6) is -1.41. The number of allylic oxidation sites excluding steroid dienone is 4. The molecular weight excluding hydrogens is 396 g/mol. The van der Waals surface area contributed by atoms with Crippen molar-refractivity contribution in [3.8, 4) is 34.3 Å². The van der Waals surface area contributed by atoms with E-state index in [9.17, 15) is 25.2 Å². The lowest BCUT2D eigenvalue weighted by molar-refractivity contribution is 0.435. The second kappa shape index (κ2) is 9.00. The third-order valence-electron chi connectivity index (χ3n) is 5.08. The van der Waals surface area contributed by atoms with Crippen LogP contribution >= 0.6 is 0 Å². The van der Waals surface area contributed by atoms with Crippen molar-refractivity contribution in [1.29, 1.82) is 0 Å². The van der Waals surface area contributed by atoms with Crippen molar-refractivity contribution >= 4 is 11.0 Å². The zero-order chi connectivity index (χ0) is 22.7. The molecule has 0 fully saturated rings. The quantitative estimate of drug-likeness (QED) is 0.389. The van der Waals surface area contributed by atoms with Crippen LogP contribution in [0.5, 0.6) is 23.0 Å². The van der Waals surface area contributed by atoms with E-state index in [4.69, 9.17) is 4.42 Å². The van der Waals surface area contributed by atoms with Crippen LogP contribution in [0.1, 0.15) is 39.2 Å². The molecule has 4 N–H and O–H groups in total. The van der Waals surface area contributed by atoms with Gasteiger partial charge in [-0.25, -0.2) is 0 Å². The number of phenols is 3. The molecule has 0 aliphatic rings. The Bertz CT molecular complexity index is 1230. The normalized spacial score (nSPS) is 11.6. The number of hydrogen-bond acceptors (Lipinski definition) is 6. The molecule has 0 saturated heterocycles. The second-order valence-electron chi connectivity index (χ2n) is 7.83. The van der Waals surface area contributed by atoms with Gasteiger partial charge in [-0.05, 0) is 64.3 Å². The van der Waals surface area contributed by atoms with Crippen molar-refractivity contribution in [3.05, 3.63) is 69.4 Å². The van der Waals surface area contributed by atoms with Crippen LogP contribution in [0, 0.1) is 0 Å². The Morgan fingerprint density at radius 3 is 2.29 bits per heavy atom. The number of phenolic OH excluding ortho intramolecular Hbond substituents is 3. The van der Waals surface area contributed by atoms with Gasteiger partial charge in [-0.2, -0.15) is 0 Å². The maximum atomic E-state index is 12.8. The van der Waals surface area contributed by atoms with Crippen LogP contribution < -0.4 is 5.43 Å². The molecule has 0 spiro atoms. The summed E-state index contributed by atoms with van der Waals surface area (Å²) in [6.07, 6.45) is 6.13. The lowest BCUT2D eigenvalue weighted by Gasteiger charge is -2.12. The topological polar surface area (TPSA) is 111 Å². The van der Waals surface area contributed by atoms with Gasteiger partial charge in [0.05, 0.1) is 0 Å².